The fourth-order valence-electron chi connectivity index (χ4n) is 0.997. The third-order valence-corrected chi connectivity index (χ3v) is 3.16. The van der Waals surface area contributed by atoms with Crippen LogP contribution in [-0.4, -0.2) is 14.9 Å². The smallest absolute Gasteiger partial charge is 0.104 e. The molecule has 4 heteroatoms. The zero-order valence-electron chi connectivity index (χ0n) is 7.45. The molecule has 1 aromatic rings. The minimum atomic E-state index is -0.398. The number of hydrogen-bond acceptors (Lipinski definition) is 2. The summed E-state index contributed by atoms with van der Waals surface area (Å²) in [5.74, 6) is 0.239. The lowest BCUT2D eigenvalue weighted by Gasteiger charge is -2.12. The normalized spacial score (nSPS) is 13.8. The summed E-state index contributed by atoms with van der Waals surface area (Å²) < 4.78 is 2.77. The van der Waals surface area contributed by atoms with Crippen molar-refractivity contribution in [1.82, 2.24) is 9.78 Å². The van der Waals surface area contributed by atoms with Gasteiger partial charge in [-0.15, -0.1) is 0 Å². The molecule has 3 nitrogen and oxygen atoms in total. The molecule has 0 fully saturated rings. The quantitative estimate of drug-likeness (QED) is 0.838. The SMILES string of the molecule is CC(C)C(O)c1cnn(C)c1I. The van der Waals surface area contributed by atoms with Gasteiger partial charge in [0.1, 0.15) is 3.70 Å². The summed E-state index contributed by atoms with van der Waals surface area (Å²) in [6, 6.07) is 0. The van der Waals surface area contributed by atoms with E-state index >= 15 is 0 Å². The standard InChI is InChI=1S/C8H13IN2O/c1-5(2)7(12)6-4-10-11(3)8(6)9/h4-5,7,12H,1-3H3. The maximum atomic E-state index is 9.73. The van der Waals surface area contributed by atoms with E-state index in [1.54, 1.807) is 10.9 Å². The van der Waals surface area contributed by atoms with Crippen LogP contribution in [0.2, 0.25) is 0 Å². The van der Waals surface area contributed by atoms with Gasteiger partial charge in [0, 0.05) is 12.6 Å². The molecule has 1 rings (SSSR count). The molecular weight excluding hydrogens is 267 g/mol. The molecule has 0 aliphatic rings. The molecule has 1 aromatic heterocycles. The van der Waals surface area contributed by atoms with Gasteiger partial charge >= 0.3 is 0 Å². The summed E-state index contributed by atoms with van der Waals surface area (Å²) in [6.45, 7) is 3.99. The topological polar surface area (TPSA) is 38.1 Å². The highest BCUT2D eigenvalue weighted by atomic mass is 127. The van der Waals surface area contributed by atoms with Gasteiger partial charge in [-0.3, -0.25) is 4.68 Å². The fraction of sp³-hybridized carbons (Fsp3) is 0.625. The van der Waals surface area contributed by atoms with E-state index in [0.717, 1.165) is 9.26 Å². The van der Waals surface area contributed by atoms with Crippen LogP contribution in [0.3, 0.4) is 0 Å². The van der Waals surface area contributed by atoms with Gasteiger partial charge < -0.3 is 5.11 Å². The molecule has 1 N–H and O–H groups in total. The molecule has 0 saturated carbocycles. The largest absolute Gasteiger partial charge is 0.388 e. The summed E-state index contributed by atoms with van der Waals surface area (Å²) in [5.41, 5.74) is 0.924. The minimum absolute atomic E-state index is 0.239. The van der Waals surface area contributed by atoms with Crippen molar-refractivity contribution in [3.63, 3.8) is 0 Å². The molecule has 12 heavy (non-hydrogen) atoms. The fourth-order valence-corrected chi connectivity index (χ4v) is 1.58. The second-order valence-electron chi connectivity index (χ2n) is 3.20. The van der Waals surface area contributed by atoms with Crippen molar-refractivity contribution in [2.75, 3.05) is 0 Å². The Kier molecular flexibility index (Phi) is 3.11. The first-order valence-electron chi connectivity index (χ1n) is 3.89. The van der Waals surface area contributed by atoms with E-state index in [9.17, 15) is 5.11 Å². The van der Waals surface area contributed by atoms with Gasteiger partial charge in [0.25, 0.3) is 0 Å². The van der Waals surface area contributed by atoms with E-state index in [4.69, 9.17) is 0 Å². The van der Waals surface area contributed by atoms with Crippen molar-refractivity contribution in [2.24, 2.45) is 13.0 Å². The maximum Gasteiger partial charge on any atom is 0.104 e. The lowest BCUT2D eigenvalue weighted by Crippen LogP contribution is -2.06. The monoisotopic (exact) mass is 280 g/mol. The van der Waals surface area contributed by atoms with Gasteiger partial charge in [0.05, 0.1) is 12.3 Å². The highest BCUT2D eigenvalue weighted by molar-refractivity contribution is 14.1. The molecule has 0 saturated heterocycles. The minimum Gasteiger partial charge on any atom is -0.388 e. The van der Waals surface area contributed by atoms with Crippen molar-refractivity contribution < 1.29 is 5.11 Å². The maximum absolute atomic E-state index is 9.73. The first kappa shape index (κ1) is 9.98. The Morgan fingerprint density at radius 2 is 2.17 bits per heavy atom. The lowest BCUT2D eigenvalue weighted by molar-refractivity contribution is 0.126. The highest BCUT2D eigenvalue weighted by Gasteiger charge is 2.17. The number of aryl methyl sites for hydroxylation is 1. The Bertz CT molecular complexity index is 270. The first-order chi connectivity index (χ1) is 5.54. The summed E-state index contributed by atoms with van der Waals surface area (Å²) in [7, 11) is 1.87. The number of rotatable bonds is 2. The number of hydrogen-bond donors (Lipinski definition) is 1. The Labute approximate surface area is 85.9 Å². The Hall–Kier alpha value is -0.100. The van der Waals surface area contributed by atoms with Crippen LogP contribution < -0.4 is 0 Å². The lowest BCUT2D eigenvalue weighted by atomic mass is 10.0. The molecule has 0 aliphatic heterocycles. The van der Waals surface area contributed by atoms with Crippen LogP contribution in [0.15, 0.2) is 6.20 Å². The highest BCUT2D eigenvalue weighted by Crippen LogP contribution is 2.24. The molecule has 0 bridgehead atoms. The van der Waals surface area contributed by atoms with Gasteiger partial charge in [-0.25, -0.2) is 0 Å². The molecule has 0 spiro atoms. The van der Waals surface area contributed by atoms with Crippen LogP contribution in [0.1, 0.15) is 25.5 Å². The molecule has 1 atom stereocenters. The average molecular weight is 280 g/mol. The predicted octanol–water partition coefficient (Wildman–Crippen LogP) is 1.71. The Morgan fingerprint density at radius 1 is 1.58 bits per heavy atom. The van der Waals surface area contributed by atoms with Gasteiger partial charge in [-0.05, 0) is 28.5 Å². The number of halogens is 1. The van der Waals surface area contributed by atoms with E-state index in [0.29, 0.717) is 0 Å². The van der Waals surface area contributed by atoms with Gasteiger partial charge in [0.2, 0.25) is 0 Å². The van der Waals surface area contributed by atoms with E-state index in [1.807, 2.05) is 20.9 Å². The van der Waals surface area contributed by atoms with Crippen molar-refractivity contribution in [1.29, 1.82) is 0 Å². The first-order valence-corrected chi connectivity index (χ1v) is 4.97. The zero-order chi connectivity index (χ0) is 9.30. The van der Waals surface area contributed by atoms with Crippen LogP contribution >= 0.6 is 22.6 Å². The second-order valence-corrected chi connectivity index (χ2v) is 4.22. The number of nitrogens with zero attached hydrogens (tertiary/aromatic N) is 2. The number of aliphatic hydroxyl groups is 1. The molecular formula is C8H13IN2O. The summed E-state index contributed by atoms with van der Waals surface area (Å²) in [5, 5.41) is 13.8. The predicted molar refractivity (Wildman–Crippen MR) is 55.7 cm³/mol. The van der Waals surface area contributed by atoms with Crippen LogP contribution in [0.4, 0.5) is 0 Å². The third kappa shape index (κ3) is 1.80. The summed E-state index contributed by atoms with van der Waals surface area (Å²) in [4.78, 5) is 0. The van der Waals surface area contributed by atoms with Crippen molar-refractivity contribution >= 4 is 22.6 Å². The number of aromatic nitrogens is 2. The van der Waals surface area contributed by atoms with E-state index in [1.165, 1.54) is 0 Å². The summed E-state index contributed by atoms with van der Waals surface area (Å²) >= 11 is 2.19. The zero-order valence-corrected chi connectivity index (χ0v) is 9.61. The average Bonchev–Trinajstić information content (AvgIpc) is 2.32. The van der Waals surface area contributed by atoms with Gasteiger partial charge in [0.15, 0.2) is 0 Å². The van der Waals surface area contributed by atoms with Crippen molar-refractivity contribution in [3.8, 4) is 0 Å². The molecule has 68 valence electrons. The molecule has 0 aromatic carbocycles. The van der Waals surface area contributed by atoms with Crippen LogP contribution in [-0.2, 0) is 7.05 Å². The molecule has 0 amide bonds. The van der Waals surface area contributed by atoms with Crippen LogP contribution in [0, 0.1) is 9.62 Å². The molecule has 1 unspecified atom stereocenters. The molecule has 0 aliphatic carbocycles. The second kappa shape index (κ2) is 3.74. The van der Waals surface area contributed by atoms with Crippen molar-refractivity contribution in [2.45, 2.75) is 20.0 Å². The number of aliphatic hydroxyl groups excluding tert-OH is 1. The van der Waals surface area contributed by atoms with E-state index in [2.05, 4.69) is 27.7 Å². The third-order valence-electron chi connectivity index (χ3n) is 1.84. The summed E-state index contributed by atoms with van der Waals surface area (Å²) in [6.07, 6.45) is 1.33. The van der Waals surface area contributed by atoms with Gasteiger partial charge in [-0.1, -0.05) is 13.8 Å². The Morgan fingerprint density at radius 3 is 2.50 bits per heavy atom. The van der Waals surface area contributed by atoms with Crippen LogP contribution in [0.5, 0.6) is 0 Å². The van der Waals surface area contributed by atoms with E-state index < -0.39 is 6.10 Å². The molecule has 1 heterocycles. The van der Waals surface area contributed by atoms with Gasteiger partial charge in [-0.2, -0.15) is 5.10 Å². The van der Waals surface area contributed by atoms with E-state index in [-0.39, 0.29) is 5.92 Å². The van der Waals surface area contributed by atoms with Crippen LogP contribution in [0.25, 0.3) is 0 Å². The molecule has 0 radical (unpaired) electrons. The Balaban J connectivity index is 2.95. The van der Waals surface area contributed by atoms with Crippen molar-refractivity contribution in [3.05, 3.63) is 15.5 Å².